The summed E-state index contributed by atoms with van der Waals surface area (Å²) in [4.78, 5) is 21.4. The molecule has 2 aromatic rings. The molecule has 0 atom stereocenters. The van der Waals surface area contributed by atoms with E-state index in [1.165, 1.54) is 0 Å². The molecule has 0 heterocycles. The number of rotatable bonds is 4. The molecule has 0 aromatic heterocycles. The highest BCUT2D eigenvalue weighted by Crippen LogP contribution is 2.29. The van der Waals surface area contributed by atoms with Crippen LogP contribution >= 0.6 is 0 Å². The van der Waals surface area contributed by atoms with Crippen molar-refractivity contribution in [2.75, 3.05) is 42.9 Å². The van der Waals surface area contributed by atoms with Crippen molar-refractivity contribution < 1.29 is 4.79 Å². The Balaban J connectivity index is 2.40. The standard InChI is InChI=1S/C18H22N4O/c1-19-18(23)22(16-10-6-14(7-11-16)20(2)3)17-12-8-15(9-13-17)21(4)5/h6-13H,1H2,2-5H3. The highest BCUT2D eigenvalue weighted by atomic mass is 16.2. The topological polar surface area (TPSA) is 39.2 Å². The molecule has 120 valence electrons. The number of urea groups is 1. The normalized spacial score (nSPS) is 10.1. The predicted octanol–water partition coefficient (Wildman–Crippen LogP) is 3.78. The van der Waals surface area contributed by atoms with Crippen LogP contribution in [0.2, 0.25) is 0 Å². The fourth-order valence-corrected chi connectivity index (χ4v) is 2.24. The Bertz CT molecular complexity index is 624. The molecule has 0 aliphatic rings. The van der Waals surface area contributed by atoms with Crippen molar-refractivity contribution in [3.8, 4) is 0 Å². The zero-order valence-corrected chi connectivity index (χ0v) is 14.0. The Kier molecular flexibility index (Phi) is 5.01. The van der Waals surface area contributed by atoms with Gasteiger partial charge in [0, 0.05) is 39.6 Å². The van der Waals surface area contributed by atoms with Gasteiger partial charge in [-0.1, -0.05) is 0 Å². The minimum atomic E-state index is -0.403. The van der Waals surface area contributed by atoms with Crippen LogP contribution in [0.5, 0.6) is 0 Å². The van der Waals surface area contributed by atoms with Crippen LogP contribution in [0.25, 0.3) is 0 Å². The van der Waals surface area contributed by atoms with Crippen molar-refractivity contribution in [2.45, 2.75) is 0 Å². The van der Waals surface area contributed by atoms with E-state index in [4.69, 9.17) is 0 Å². The highest BCUT2D eigenvalue weighted by Gasteiger charge is 2.17. The second-order valence-corrected chi connectivity index (χ2v) is 5.60. The van der Waals surface area contributed by atoms with Gasteiger partial charge in [-0.3, -0.25) is 4.90 Å². The molecule has 5 heteroatoms. The van der Waals surface area contributed by atoms with Crippen molar-refractivity contribution in [1.82, 2.24) is 0 Å². The smallest absolute Gasteiger partial charge is 0.351 e. The first-order chi connectivity index (χ1) is 10.9. The molecule has 0 N–H and O–H groups in total. The molecule has 0 unspecified atom stereocenters. The maximum Gasteiger partial charge on any atom is 0.351 e. The fraction of sp³-hybridized carbons (Fsp3) is 0.222. The first-order valence-electron chi connectivity index (χ1n) is 7.29. The summed E-state index contributed by atoms with van der Waals surface area (Å²) in [5.74, 6) is 0. The molecule has 0 spiro atoms. The first kappa shape index (κ1) is 16.5. The number of hydrogen-bond acceptors (Lipinski definition) is 3. The van der Waals surface area contributed by atoms with Crippen LogP contribution < -0.4 is 14.7 Å². The Morgan fingerprint density at radius 3 is 1.30 bits per heavy atom. The summed E-state index contributed by atoms with van der Waals surface area (Å²) in [5.41, 5.74) is 3.64. The van der Waals surface area contributed by atoms with E-state index in [0.29, 0.717) is 0 Å². The SMILES string of the molecule is C=NC(=O)N(c1ccc(N(C)C)cc1)c1ccc(N(C)C)cc1. The van der Waals surface area contributed by atoms with Gasteiger partial charge in [0.2, 0.25) is 0 Å². The van der Waals surface area contributed by atoms with E-state index >= 15 is 0 Å². The molecule has 0 aliphatic heterocycles. The molecule has 0 saturated carbocycles. The number of aliphatic imine (C=N–C) groups is 1. The highest BCUT2D eigenvalue weighted by molar-refractivity contribution is 6.01. The van der Waals surface area contributed by atoms with Gasteiger partial charge in [-0.15, -0.1) is 0 Å². The van der Waals surface area contributed by atoms with Crippen molar-refractivity contribution in [1.29, 1.82) is 0 Å². The van der Waals surface area contributed by atoms with Crippen LogP contribution in [-0.4, -0.2) is 40.9 Å². The Morgan fingerprint density at radius 1 is 0.739 bits per heavy atom. The third-order valence-electron chi connectivity index (χ3n) is 3.58. The average Bonchev–Trinajstić information content (AvgIpc) is 2.55. The number of carbonyl (C=O) groups is 1. The lowest BCUT2D eigenvalue weighted by atomic mass is 10.2. The van der Waals surface area contributed by atoms with Gasteiger partial charge >= 0.3 is 6.03 Å². The number of hydrogen-bond donors (Lipinski definition) is 0. The molecule has 0 radical (unpaired) electrons. The van der Waals surface area contributed by atoms with Gasteiger partial charge in [-0.2, -0.15) is 0 Å². The second kappa shape index (κ2) is 6.96. The third-order valence-corrected chi connectivity index (χ3v) is 3.58. The van der Waals surface area contributed by atoms with Gasteiger partial charge < -0.3 is 9.80 Å². The number of carbonyl (C=O) groups excluding carboxylic acids is 1. The lowest BCUT2D eigenvalue weighted by molar-refractivity contribution is 0.256. The Hall–Kier alpha value is -2.82. The monoisotopic (exact) mass is 310 g/mol. The van der Waals surface area contributed by atoms with Gasteiger partial charge in [-0.05, 0) is 55.2 Å². The van der Waals surface area contributed by atoms with Gasteiger partial charge in [0.05, 0.1) is 11.4 Å². The van der Waals surface area contributed by atoms with Crippen LogP contribution in [0.4, 0.5) is 27.5 Å². The molecule has 2 amide bonds. The molecular formula is C18H22N4O. The summed E-state index contributed by atoms with van der Waals surface area (Å²) in [6, 6.07) is 15.1. The average molecular weight is 310 g/mol. The zero-order valence-electron chi connectivity index (χ0n) is 14.0. The van der Waals surface area contributed by atoms with Gasteiger partial charge in [0.1, 0.15) is 0 Å². The quantitative estimate of drug-likeness (QED) is 0.807. The number of anilines is 4. The summed E-state index contributed by atoms with van der Waals surface area (Å²) < 4.78 is 0. The largest absolute Gasteiger partial charge is 0.378 e. The van der Waals surface area contributed by atoms with Crippen molar-refractivity contribution in [2.24, 2.45) is 4.99 Å². The summed E-state index contributed by atoms with van der Waals surface area (Å²) in [5, 5.41) is 0. The van der Waals surface area contributed by atoms with E-state index < -0.39 is 6.03 Å². The summed E-state index contributed by atoms with van der Waals surface area (Å²) in [6.45, 7) is 3.37. The van der Waals surface area contributed by atoms with Crippen LogP contribution in [0.15, 0.2) is 53.5 Å². The molecule has 0 fully saturated rings. The molecule has 0 saturated heterocycles. The number of nitrogens with zero attached hydrogens (tertiary/aromatic N) is 4. The summed E-state index contributed by atoms with van der Waals surface area (Å²) in [6.07, 6.45) is 0. The summed E-state index contributed by atoms with van der Waals surface area (Å²) >= 11 is 0. The van der Waals surface area contributed by atoms with Crippen LogP contribution in [0.3, 0.4) is 0 Å². The fourth-order valence-electron chi connectivity index (χ4n) is 2.24. The van der Waals surface area contributed by atoms with E-state index in [2.05, 4.69) is 11.7 Å². The number of amides is 2. The lowest BCUT2D eigenvalue weighted by Crippen LogP contribution is -2.22. The third kappa shape index (κ3) is 3.69. The van der Waals surface area contributed by atoms with Gasteiger partial charge in [-0.25, -0.2) is 9.79 Å². The maximum atomic E-state index is 12.2. The van der Waals surface area contributed by atoms with Crippen molar-refractivity contribution >= 4 is 35.5 Å². The minimum absolute atomic E-state index is 0.403. The lowest BCUT2D eigenvalue weighted by Gasteiger charge is -2.22. The first-order valence-corrected chi connectivity index (χ1v) is 7.29. The summed E-state index contributed by atoms with van der Waals surface area (Å²) in [7, 11) is 7.90. The molecule has 23 heavy (non-hydrogen) atoms. The van der Waals surface area contributed by atoms with E-state index in [9.17, 15) is 4.79 Å². The van der Waals surface area contributed by atoms with E-state index in [-0.39, 0.29) is 0 Å². The minimum Gasteiger partial charge on any atom is -0.378 e. The van der Waals surface area contributed by atoms with Crippen molar-refractivity contribution in [3.05, 3.63) is 48.5 Å². The molecule has 2 rings (SSSR count). The molecule has 2 aromatic carbocycles. The Labute approximate surface area is 137 Å². The number of benzene rings is 2. The van der Waals surface area contributed by atoms with E-state index in [1.54, 1.807) is 4.90 Å². The van der Waals surface area contributed by atoms with Crippen LogP contribution in [0.1, 0.15) is 0 Å². The zero-order chi connectivity index (χ0) is 17.0. The predicted molar refractivity (Wildman–Crippen MR) is 98.6 cm³/mol. The molecular weight excluding hydrogens is 288 g/mol. The van der Waals surface area contributed by atoms with E-state index in [0.717, 1.165) is 22.7 Å². The maximum absolute atomic E-state index is 12.2. The van der Waals surface area contributed by atoms with Gasteiger partial charge in [0.15, 0.2) is 0 Å². The van der Waals surface area contributed by atoms with Gasteiger partial charge in [0.25, 0.3) is 0 Å². The second-order valence-electron chi connectivity index (χ2n) is 5.60. The Morgan fingerprint density at radius 2 is 1.04 bits per heavy atom. The molecule has 0 aliphatic carbocycles. The van der Waals surface area contributed by atoms with Crippen LogP contribution in [-0.2, 0) is 0 Å². The van der Waals surface area contributed by atoms with Crippen molar-refractivity contribution in [3.63, 3.8) is 0 Å². The molecule has 5 nitrogen and oxygen atoms in total. The van der Waals surface area contributed by atoms with E-state index in [1.807, 2.05) is 86.5 Å². The van der Waals surface area contributed by atoms with Crippen LogP contribution in [0, 0.1) is 0 Å². The molecule has 0 bridgehead atoms.